The van der Waals surface area contributed by atoms with E-state index in [1.807, 2.05) is 32.6 Å². The Morgan fingerprint density at radius 3 is 1.88 bits per heavy atom. The van der Waals surface area contributed by atoms with Crippen molar-refractivity contribution < 1.29 is 37.4 Å². The number of amides is 4. The summed E-state index contributed by atoms with van der Waals surface area (Å²) in [5.74, 6) is -2.79. The summed E-state index contributed by atoms with van der Waals surface area (Å²) in [6.45, 7) is 7.93. The highest BCUT2D eigenvalue weighted by Gasteiger charge is 2.52. The SMILES string of the molecule is COC(=O)N[C@H](C(=O)N1CCC[C@H]1c1ncc(-c2ccc3c(c2)C(F)(F)c2cc(-c4cnc([C@@H]5[C@H]6CC[C@H](C6)N5C(=O)[C@@H](NC(=O)OC)C(C)C)[nH]4)ccc2-3)[nH]1)C(C)C. The fourth-order valence-electron chi connectivity index (χ4n) is 9.55. The van der Waals surface area contributed by atoms with E-state index in [1.165, 1.54) is 26.4 Å². The largest absolute Gasteiger partial charge is 0.453 e. The summed E-state index contributed by atoms with van der Waals surface area (Å²) in [6.07, 6.45) is 5.90. The number of fused-ring (bicyclic) bond motifs is 5. The van der Waals surface area contributed by atoms with Crippen molar-refractivity contribution in [3.05, 3.63) is 71.6 Å². The molecule has 0 unspecified atom stereocenters. The summed E-state index contributed by atoms with van der Waals surface area (Å²) in [5, 5.41) is 5.35. The number of likely N-dealkylation sites (tertiary alicyclic amines) is 2. The van der Waals surface area contributed by atoms with Gasteiger partial charge in [0.05, 0.1) is 50.1 Å². The summed E-state index contributed by atoms with van der Waals surface area (Å²) in [4.78, 5) is 71.2. The highest BCUT2D eigenvalue weighted by atomic mass is 19.3. The summed E-state index contributed by atoms with van der Waals surface area (Å²) in [7, 11) is 2.51. The average Bonchev–Trinajstić information content (AvgIpc) is 4.09. The van der Waals surface area contributed by atoms with Gasteiger partial charge in [0.25, 0.3) is 5.92 Å². The smallest absolute Gasteiger partial charge is 0.407 e. The molecular formula is C43H50F2N8O6. The maximum absolute atomic E-state index is 16.5. The molecule has 2 aromatic carbocycles. The van der Waals surface area contributed by atoms with Crippen molar-refractivity contribution in [2.45, 2.75) is 95.9 Å². The maximum atomic E-state index is 16.5. The number of rotatable bonds is 10. The van der Waals surface area contributed by atoms with E-state index in [9.17, 15) is 19.2 Å². The number of H-pyrrole nitrogens is 2. The van der Waals surface area contributed by atoms with Gasteiger partial charge in [0.1, 0.15) is 23.7 Å². The molecule has 8 rings (SSSR count). The zero-order chi connectivity index (χ0) is 41.9. The van der Waals surface area contributed by atoms with Gasteiger partial charge in [-0.3, -0.25) is 9.59 Å². The second-order valence-corrected chi connectivity index (χ2v) is 16.8. The van der Waals surface area contributed by atoms with Crippen LogP contribution in [-0.2, 0) is 25.0 Å². The number of imidazole rings is 2. The quantitative estimate of drug-likeness (QED) is 0.132. The Kier molecular flexibility index (Phi) is 10.5. The van der Waals surface area contributed by atoms with Gasteiger partial charge in [-0.15, -0.1) is 0 Å². The minimum Gasteiger partial charge on any atom is -0.453 e. The number of alkyl halides is 2. The molecule has 4 aliphatic rings. The van der Waals surface area contributed by atoms with Crippen molar-refractivity contribution >= 4 is 24.0 Å². The molecule has 312 valence electrons. The number of benzene rings is 2. The zero-order valence-corrected chi connectivity index (χ0v) is 34.0. The van der Waals surface area contributed by atoms with Crippen LogP contribution in [0.15, 0.2) is 48.8 Å². The van der Waals surface area contributed by atoms with E-state index in [0.717, 1.165) is 25.7 Å². The molecule has 14 nitrogen and oxygen atoms in total. The Hall–Kier alpha value is -5.80. The average molecular weight is 813 g/mol. The summed E-state index contributed by atoms with van der Waals surface area (Å²) >= 11 is 0. The van der Waals surface area contributed by atoms with Crippen LogP contribution < -0.4 is 10.6 Å². The number of piperidine rings is 1. The van der Waals surface area contributed by atoms with Crippen LogP contribution in [0, 0.1) is 17.8 Å². The molecular weight excluding hydrogens is 763 g/mol. The number of methoxy groups -OCH3 is 2. The topological polar surface area (TPSA) is 175 Å². The molecule has 1 saturated carbocycles. The van der Waals surface area contributed by atoms with Crippen LogP contribution in [0.2, 0.25) is 0 Å². The van der Waals surface area contributed by atoms with Gasteiger partial charge in [-0.25, -0.2) is 19.6 Å². The number of carbonyl (C=O) groups is 4. The monoisotopic (exact) mass is 812 g/mol. The second kappa shape index (κ2) is 15.4. The van der Waals surface area contributed by atoms with E-state index in [-0.39, 0.29) is 58.8 Å². The molecule has 16 heteroatoms. The van der Waals surface area contributed by atoms with Crippen LogP contribution in [0.1, 0.15) is 94.7 Å². The number of ether oxygens (including phenoxy) is 2. The third-order valence-corrected chi connectivity index (χ3v) is 12.6. The molecule has 0 radical (unpaired) electrons. The predicted octanol–water partition coefficient (Wildman–Crippen LogP) is 7.06. The van der Waals surface area contributed by atoms with Gasteiger partial charge in [0.2, 0.25) is 11.8 Å². The molecule has 59 heavy (non-hydrogen) atoms. The Morgan fingerprint density at radius 1 is 0.780 bits per heavy atom. The third kappa shape index (κ3) is 6.99. The number of aromatic nitrogens is 4. The molecule has 2 aliphatic carbocycles. The van der Waals surface area contributed by atoms with Gasteiger partial charge < -0.3 is 39.9 Å². The molecule has 3 fully saturated rings. The van der Waals surface area contributed by atoms with Crippen LogP contribution in [-0.4, -0.2) is 92.6 Å². The molecule has 2 bridgehead atoms. The molecule has 0 spiro atoms. The number of hydrogen-bond acceptors (Lipinski definition) is 8. The van der Waals surface area contributed by atoms with E-state index < -0.39 is 30.2 Å². The fraction of sp³-hybridized carbons (Fsp3) is 0.488. The van der Waals surface area contributed by atoms with Crippen LogP contribution >= 0.6 is 0 Å². The number of halogens is 2. The van der Waals surface area contributed by atoms with E-state index in [0.29, 0.717) is 58.3 Å². The van der Waals surface area contributed by atoms with Crippen LogP contribution in [0.3, 0.4) is 0 Å². The standard InChI is InChI=1S/C43H50F2N8O6/c1-21(2)34(50-41(56)58-5)39(54)52-15-7-8-33(52)37-46-19-31(48-37)23-10-13-27-28-14-11-24(18-30(28)43(44,45)29(27)17-23)32-20-47-38(49-32)36-25-9-12-26(16-25)53(36)40(55)35(22(3)4)51-42(57)59-6/h10-11,13-14,17-22,25-26,33-36H,7-9,12,15-16H2,1-6H3,(H,46,48)(H,47,49)(H,50,56)(H,51,57)/t25-,26+,33-,34-,35-,36-/m0/s1. The lowest BCUT2D eigenvalue weighted by Crippen LogP contribution is -2.54. The summed E-state index contributed by atoms with van der Waals surface area (Å²) in [6, 6.07) is 7.76. The lowest BCUT2D eigenvalue weighted by molar-refractivity contribution is -0.139. The van der Waals surface area contributed by atoms with E-state index in [2.05, 4.69) is 25.6 Å². The lowest BCUT2D eigenvalue weighted by atomic mass is 9.95. The number of aromatic amines is 2. The molecule has 4 amide bonds. The molecule has 2 aliphatic heterocycles. The van der Waals surface area contributed by atoms with Crippen molar-refractivity contribution in [2.75, 3.05) is 20.8 Å². The van der Waals surface area contributed by atoms with E-state index >= 15 is 8.78 Å². The van der Waals surface area contributed by atoms with E-state index in [1.54, 1.807) is 41.6 Å². The number of carbonyl (C=O) groups excluding carboxylic acids is 4. The third-order valence-electron chi connectivity index (χ3n) is 12.6. The van der Waals surface area contributed by atoms with Gasteiger partial charge in [-0.2, -0.15) is 8.78 Å². The van der Waals surface area contributed by atoms with Crippen molar-refractivity contribution in [1.29, 1.82) is 0 Å². The molecule has 6 atom stereocenters. The molecule has 4 N–H and O–H groups in total. The Labute approximate surface area is 340 Å². The number of hydrogen-bond donors (Lipinski definition) is 4. The summed E-state index contributed by atoms with van der Waals surface area (Å²) in [5.41, 5.74) is 2.81. The predicted molar refractivity (Wildman–Crippen MR) is 213 cm³/mol. The van der Waals surface area contributed by atoms with Crippen molar-refractivity contribution in [3.63, 3.8) is 0 Å². The minimum absolute atomic E-state index is 0.0168. The normalized spacial score (nSPS) is 22.3. The second-order valence-electron chi connectivity index (χ2n) is 16.8. The van der Waals surface area contributed by atoms with Crippen LogP contribution in [0.25, 0.3) is 33.6 Å². The van der Waals surface area contributed by atoms with Gasteiger partial charge in [-0.05, 0) is 73.1 Å². The number of alkyl carbamates (subject to hydrolysis) is 2. The highest BCUT2D eigenvalue weighted by Crippen LogP contribution is 2.53. The number of nitrogens with zero attached hydrogens (tertiary/aromatic N) is 4. The Bertz CT molecular complexity index is 2290. The first-order chi connectivity index (χ1) is 28.2. The van der Waals surface area contributed by atoms with Crippen LogP contribution in [0.5, 0.6) is 0 Å². The first-order valence-corrected chi connectivity index (χ1v) is 20.3. The van der Waals surface area contributed by atoms with Crippen molar-refractivity contribution in [1.82, 2.24) is 40.4 Å². The van der Waals surface area contributed by atoms with Gasteiger partial charge >= 0.3 is 12.2 Å². The Morgan fingerprint density at radius 2 is 1.32 bits per heavy atom. The van der Waals surface area contributed by atoms with Gasteiger partial charge in [0, 0.05) is 34.8 Å². The first-order valence-electron chi connectivity index (χ1n) is 20.3. The number of nitrogens with one attached hydrogen (secondary N) is 4. The fourth-order valence-corrected chi connectivity index (χ4v) is 9.55. The summed E-state index contributed by atoms with van der Waals surface area (Å²) < 4.78 is 42.5. The molecule has 2 aromatic heterocycles. The van der Waals surface area contributed by atoms with Gasteiger partial charge in [0.15, 0.2) is 0 Å². The minimum atomic E-state index is -3.30. The zero-order valence-electron chi connectivity index (χ0n) is 34.0. The molecule has 4 aromatic rings. The lowest BCUT2D eigenvalue weighted by Gasteiger charge is -2.37. The van der Waals surface area contributed by atoms with Gasteiger partial charge in [-0.1, -0.05) is 52.0 Å². The Balaban J connectivity index is 1.02. The van der Waals surface area contributed by atoms with Crippen LogP contribution in [0.4, 0.5) is 18.4 Å². The highest BCUT2D eigenvalue weighted by molar-refractivity contribution is 5.88. The first kappa shape index (κ1) is 40.0. The van der Waals surface area contributed by atoms with Crippen molar-refractivity contribution in [3.8, 4) is 33.6 Å². The van der Waals surface area contributed by atoms with Crippen molar-refractivity contribution in [2.24, 2.45) is 17.8 Å². The molecule has 4 heterocycles. The molecule has 2 saturated heterocycles. The maximum Gasteiger partial charge on any atom is 0.407 e. The van der Waals surface area contributed by atoms with E-state index in [4.69, 9.17) is 14.5 Å².